The average Bonchev–Trinajstić information content (AvgIpc) is 3.31. The van der Waals surface area contributed by atoms with E-state index in [1.165, 1.54) is 12.1 Å². The van der Waals surface area contributed by atoms with Crippen LogP contribution in [-0.2, 0) is 23.6 Å². The molecule has 2 aliphatic heterocycles. The molecule has 0 bridgehead atoms. The SMILES string of the molecule is CCc1nc(CN2CCN(C3(c4ccccc4)N=CON3)CC2)c(C)[nH]1. The number of hydrogen-bond donors (Lipinski definition) is 2. The molecule has 0 radical (unpaired) electrons. The van der Waals surface area contributed by atoms with Crippen LogP contribution in [0.2, 0.25) is 0 Å². The van der Waals surface area contributed by atoms with Crippen molar-refractivity contribution in [3.05, 3.63) is 53.1 Å². The zero-order valence-corrected chi connectivity index (χ0v) is 15.4. The van der Waals surface area contributed by atoms with Crippen LogP contribution in [0.15, 0.2) is 35.3 Å². The molecule has 2 aliphatic rings. The Morgan fingerprint density at radius 2 is 1.92 bits per heavy atom. The molecule has 1 saturated heterocycles. The number of hydroxylamine groups is 1. The number of piperazine rings is 1. The van der Waals surface area contributed by atoms with Gasteiger partial charge in [0.2, 0.25) is 5.79 Å². The summed E-state index contributed by atoms with van der Waals surface area (Å²) in [5.41, 5.74) is 6.55. The standard InChI is InChI=1S/C19H26N6O/c1-3-18-21-15(2)17(22-18)13-24-9-11-25(12-10-24)19(20-14-26-23-19)16-7-5-4-6-8-16/h4-8,14,23H,3,9-13H2,1-2H3,(H,21,22). The first kappa shape index (κ1) is 17.2. The summed E-state index contributed by atoms with van der Waals surface area (Å²) in [6.45, 7) is 8.89. The van der Waals surface area contributed by atoms with Gasteiger partial charge in [0.05, 0.1) is 5.69 Å². The number of nitrogens with one attached hydrogen (secondary N) is 2. The minimum atomic E-state index is -0.620. The summed E-state index contributed by atoms with van der Waals surface area (Å²) in [6.07, 6.45) is 2.44. The van der Waals surface area contributed by atoms with E-state index in [0.29, 0.717) is 0 Å². The van der Waals surface area contributed by atoms with E-state index in [1.54, 1.807) is 0 Å². The van der Waals surface area contributed by atoms with E-state index >= 15 is 0 Å². The fourth-order valence-electron chi connectivity index (χ4n) is 3.70. The molecule has 4 rings (SSSR count). The minimum Gasteiger partial charge on any atom is -0.393 e. The van der Waals surface area contributed by atoms with Crippen molar-refractivity contribution in [1.82, 2.24) is 25.2 Å². The average molecular weight is 354 g/mol. The maximum atomic E-state index is 5.31. The summed E-state index contributed by atoms with van der Waals surface area (Å²) in [7, 11) is 0. The van der Waals surface area contributed by atoms with E-state index in [-0.39, 0.29) is 0 Å². The van der Waals surface area contributed by atoms with Crippen LogP contribution in [0, 0.1) is 6.92 Å². The van der Waals surface area contributed by atoms with Gasteiger partial charge in [-0.2, -0.15) is 0 Å². The number of aromatic nitrogens is 2. The van der Waals surface area contributed by atoms with Crippen molar-refractivity contribution in [2.75, 3.05) is 26.2 Å². The molecular formula is C19H26N6O. The highest BCUT2D eigenvalue weighted by Gasteiger charge is 2.42. The largest absolute Gasteiger partial charge is 0.393 e. The minimum absolute atomic E-state index is 0.620. The molecule has 1 aromatic carbocycles. The molecule has 0 saturated carbocycles. The van der Waals surface area contributed by atoms with Crippen molar-refractivity contribution >= 4 is 6.40 Å². The molecule has 2 aromatic rings. The molecular weight excluding hydrogens is 328 g/mol. The molecule has 3 heterocycles. The highest BCUT2D eigenvalue weighted by atomic mass is 16.7. The van der Waals surface area contributed by atoms with Gasteiger partial charge in [0.15, 0.2) is 6.40 Å². The van der Waals surface area contributed by atoms with E-state index in [0.717, 1.165) is 56.2 Å². The van der Waals surface area contributed by atoms with Crippen LogP contribution in [0.25, 0.3) is 0 Å². The molecule has 7 heteroatoms. The van der Waals surface area contributed by atoms with Crippen molar-refractivity contribution < 1.29 is 4.84 Å². The maximum absolute atomic E-state index is 5.31. The molecule has 2 N–H and O–H groups in total. The lowest BCUT2D eigenvalue weighted by molar-refractivity contribution is -0.0393. The molecule has 138 valence electrons. The maximum Gasteiger partial charge on any atom is 0.227 e. The third-order valence-electron chi connectivity index (χ3n) is 5.24. The van der Waals surface area contributed by atoms with Gasteiger partial charge in [0.25, 0.3) is 0 Å². The van der Waals surface area contributed by atoms with E-state index in [4.69, 9.17) is 9.82 Å². The highest BCUT2D eigenvalue weighted by Crippen LogP contribution is 2.30. The lowest BCUT2D eigenvalue weighted by Gasteiger charge is -2.42. The van der Waals surface area contributed by atoms with E-state index in [1.807, 2.05) is 18.2 Å². The number of H-pyrrole nitrogens is 1. The Kier molecular flexibility index (Phi) is 4.76. The molecule has 0 amide bonds. The summed E-state index contributed by atoms with van der Waals surface area (Å²) in [5.74, 6) is 0.450. The third kappa shape index (κ3) is 3.13. The van der Waals surface area contributed by atoms with Crippen molar-refractivity contribution in [2.24, 2.45) is 4.99 Å². The number of aryl methyl sites for hydroxylation is 2. The van der Waals surface area contributed by atoms with Crippen LogP contribution in [0.5, 0.6) is 0 Å². The number of nitrogens with zero attached hydrogens (tertiary/aromatic N) is 4. The quantitative estimate of drug-likeness (QED) is 0.857. The highest BCUT2D eigenvalue weighted by molar-refractivity contribution is 5.50. The van der Waals surface area contributed by atoms with Gasteiger partial charge in [-0.05, 0) is 6.92 Å². The molecule has 1 aromatic heterocycles. The number of hydrogen-bond acceptors (Lipinski definition) is 6. The van der Waals surface area contributed by atoms with Crippen LogP contribution in [0.1, 0.15) is 29.7 Å². The third-order valence-corrected chi connectivity index (χ3v) is 5.24. The second kappa shape index (κ2) is 7.19. The lowest BCUT2D eigenvalue weighted by Crippen LogP contribution is -2.58. The monoisotopic (exact) mass is 354 g/mol. The number of imidazole rings is 1. The van der Waals surface area contributed by atoms with Crippen molar-refractivity contribution in [3.63, 3.8) is 0 Å². The van der Waals surface area contributed by atoms with Crippen molar-refractivity contribution in [1.29, 1.82) is 0 Å². The molecule has 0 aliphatic carbocycles. The van der Waals surface area contributed by atoms with E-state index < -0.39 is 5.79 Å². The number of rotatable bonds is 5. The zero-order chi connectivity index (χ0) is 18.0. The van der Waals surface area contributed by atoms with Gasteiger partial charge in [0, 0.05) is 50.4 Å². The Balaban J connectivity index is 1.44. The number of aromatic amines is 1. The number of aliphatic imine (C=N–C) groups is 1. The Morgan fingerprint density at radius 3 is 2.54 bits per heavy atom. The van der Waals surface area contributed by atoms with Crippen molar-refractivity contribution in [3.8, 4) is 0 Å². The Hall–Kier alpha value is -2.22. The van der Waals surface area contributed by atoms with E-state index in [9.17, 15) is 0 Å². The van der Waals surface area contributed by atoms with Crippen LogP contribution in [-0.4, -0.2) is 52.3 Å². The van der Waals surface area contributed by atoms with Gasteiger partial charge in [0.1, 0.15) is 5.82 Å². The van der Waals surface area contributed by atoms with Gasteiger partial charge in [-0.15, -0.1) is 5.48 Å². The summed E-state index contributed by atoms with van der Waals surface area (Å²) in [5, 5.41) is 0. The Morgan fingerprint density at radius 1 is 1.15 bits per heavy atom. The van der Waals surface area contributed by atoms with Crippen LogP contribution in [0.4, 0.5) is 0 Å². The van der Waals surface area contributed by atoms with Crippen LogP contribution < -0.4 is 5.48 Å². The first-order valence-electron chi connectivity index (χ1n) is 9.25. The van der Waals surface area contributed by atoms with Gasteiger partial charge in [-0.25, -0.2) is 9.98 Å². The fraction of sp³-hybridized carbons (Fsp3) is 0.474. The molecule has 26 heavy (non-hydrogen) atoms. The first-order valence-corrected chi connectivity index (χ1v) is 9.25. The Bertz CT molecular complexity index is 766. The van der Waals surface area contributed by atoms with Crippen LogP contribution >= 0.6 is 0 Å². The molecule has 1 unspecified atom stereocenters. The smallest absolute Gasteiger partial charge is 0.227 e. The van der Waals surface area contributed by atoms with Gasteiger partial charge < -0.3 is 9.82 Å². The van der Waals surface area contributed by atoms with Crippen LogP contribution in [0.3, 0.4) is 0 Å². The first-order chi connectivity index (χ1) is 12.7. The summed E-state index contributed by atoms with van der Waals surface area (Å²) in [6, 6.07) is 10.3. The van der Waals surface area contributed by atoms with Gasteiger partial charge in [-0.1, -0.05) is 37.3 Å². The Labute approximate surface area is 154 Å². The zero-order valence-electron chi connectivity index (χ0n) is 15.4. The normalized spacial score (nSPS) is 24.1. The van der Waals surface area contributed by atoms with Gasteiger partial charge >= 0.3 is 0 Å². The molecule has 1 fully saturated rings. The summed E-state index contributed by atoms with van der Waals surface area (Å²) in [4.78, 5) is 22.8. The lowest BCUT2D eigenvalue weighted by atomic mass is 10.1. The van der Waals surface area contributed by atoms with Gasteiger partial charge in [-0.3, -0.25) is 9.80 Å². The molecule has 1 atom stereocenters. The topological polar surface area (TPSA) is 68.8 Å². The van der Waals surface area contributed by atoms with E-state index in [2.05, 4.69) is 51.2 Å². The second-order valence-corrected chi connectivity index (χ2v) is 6.86. The molecule has 0 spiro atoms. The predicted octanol–water partition coefficient (Wildman–Crippen LogP) is 1.77. The number of benzene rings is 1. The summed E-state index contributed by atoms with van der Waals surface area (Å²) >= 11 is 0. The fourth-order valence-corrected chi connectivity index (χ4v) is 3.70. The summed E-state index contributed by atoms with van der Waals surface area (Å²) < 4.78 is 0. The molecule has 7 nitrogen and oxygen atoms in total. The van der Waals surface area contributed by atoms with Crippen molar-refractivity contribution in [2.45, 2.75) is 32.6 Å². The second-order valence-electron chi connectivity index (χ2n) is 6.86. The predicted molar refractivity (Wildman–Crippen MR) is 100 cm³/mol.